The third-order valence-electron chi connectivity index (χ3n) is 18.5. The fraction of sp³-hybridized carbons (Fsp3) is 0.162. The molecule has 0 atom stereocenters. The minimum Gasteiger partial charge on any atom is -0.310 e. The summed E-state index contributed by atoms with van der Waals surface area (Å²) in [7, 11) is 0. The number of anilines is 6. The maximum atomic E-state index is 2.56. The van der Waals surface area contributed by atoms with Crippen molar-refractivity contribution in [1.82, 2.24) is 0 Å². The predicted octanol–water partition coefficient (Wildman–Crippen LogP) is 20.0. The molecule has 0 bridgehead atoms. The Hall–Kier alpha value is -8.46. The number of hydrogen-bond acceptors (Lipinski definition) is 2. The molecule has 0 amide bonds. The van der Waals surface area contributed by atoms with Crippen LogP contribution in [-0.4, -0.2) is 0 Å². The molecule has 0 spiro atoms. The Balaban J connectivity index is 0.873. The van der Waals surface area contributed by atoms with Gasteiger partial charge in [-0.1, -0.05) is 161 Å². The monoisotopic (exact) mass is 974 g/mol. The highest BCUT2D eigenvalue weighted by Crippen LogP contribution is 2.62. The molecule has 0 N–H and O–H groups in total. The highest BCUT2D eigenvalue weighted by atomic mass is 15.1. The normalized spacial score (nSPS) is 15.3. The van der Waals surface area contributed by atoms with Crippen LogP contribution in [0.3, 0.4) is 0 Å². The van der Waals surface area contributed by atoms with Gasteiger partial charge in [-0.05, 0) is 232 Å². The predicted molar refractivity (Wildman–Crippen MR) is 323 cm³/mol. The largest absolute Gasteiger partial charge is 0.310 e. The first-order chi connectivity index (χ1) is 37.2. The lowest BCUT2D eigenvalue weighted by Gasteiger charge is -2.35. The quantitative estimate of drug-likeness (QED) is 0.164. The number of benzene rings is 12. The molecule has 0 saturated heterocycles. The van der Waals surface area contributed by atoms with E-state index < -0.39 is 0 Å². The Morgan fingerprint density at radius 3 is 0.895 bits per heavy atom. The lowest BCUT2D eigenvalue weighted by molar-refractivity contribution is 0.637. The van der Waals surface area contributed by atoms with Crippen molar-refractivity contribution < 1.29 is 0 Å². The molecule has 2 nitrogen and oxygen atoms in total. The molecule has 4 aliphatic carbocycles. The van der Waals surface area contributed by atoms with Gasteiger partial charge in [0, 0.05) is 45.0 Å². The van der Waals surface area contributed by atoms with E-state index in [1.54, 1.807) is 55.3 Å². The zero-order chi connectivity index (χ0) is 50.6. The summed E-state index contributed by atoms with van der Waals surface area (Å²) in [4.78, 5) is 4.99. The summed E-state index contributed by atoms with van der Waals surface area (Å²) in [6.07, 6.45) is 6.81. The fourth-order valence-electron chi connectivity index (χ4n) is 15.2. The second-order valence-electron chi connectivity index (χ2n) is 23.4. The number of fused-ring (bicyclic) bond motifs is 14. The van der Waals surface area contributed by atoms with Crippen molar-refractivity contribution in [3.8, 4) is 22.3 Å². The lowest BCUT2D eigenvalue weighted by Crippen LogP contribution is -2.23. The van der Waals surface area contributed by atoms with Gasteiger partial charge in [-0.25, -0.2) is 0 Å². The van der Waals surface area contributed by atoms with Crippen molar-refractivity contribution in [2.75, 3.05) is 9.80 Å². The van der Waals surface area contributed by atoms with Crippen LogP contribution in [0.25, 0.3) is 76.1 Å². The first kappa shape index (κ1) is 43.9. The van der Waals surface area contributed by atoms with Gasteiger partial charge in [0.1, 0.15) is 0 Å². The lowest BCUT2D eigenvalue weighted by atomic mass is 9.68. The summed E-state index contributed by atoms with van der Waals surface area (Å²) >= 11 is 0. The molecule has 0 radical (unpaired) electrons. The van der Waals surface area contributed by atoms with Crippen LogP contribution in [0, 0.1) is 0 Å². The zero-order valence-corrected chi connectivity index (χ0v) is 43.8. The van der Waals surface area contributed by atoms with Crippen molar-refractivity contribution in [1.29, 1.82) is 0 Å². The van der Waals surface area contributed by atoms with E-state index >= 15 is 0 Å². The molecule has 76 heavy (non-hydrogen) atoms. The summed E-state index contributed by atoms with van der Waals surface area (Å²) in [6, 6.07) is 77.8. The molecule has 0 unspecified atom stereocenters. The average Bonchev–Trinajstić information content (AvgIpc) is 4.05. The average molecular weight is 975 g/mol. The van der Waals surface area contributed by atoms with Crippen LogP contribution >= 0.6 is 0 Å². The van der Waals surface area contributed by atoms with Crippen LogP contribution < -0.4 is 9.80 Å². The molecule has 4 aliphatic rings. The van der Waals surface area contributed by atoms with Crippen molar-refractivity contribution >= 4 is 88.0 Å². The summed E-state index contributed by atoms with van der Waals surface area (Å²) in [6.45, 7) is 10.1. The van der Waals surface area contributed by atoms with Crippen LogP contribution in [0.15, 0.2) is 206 Å². The molecule has 0 aromatic heterocycles. The topological polar surface area (TPSA) is 6.48 Å². The van der Waals surface area contributed by atoms with Crippen LogP contribution in [0.5, 0.6) is 0 Å². The van der Waals surface area contributed by atoms with Gasteiger partial charge >= 0.3 is 0 Å². The van der Waals surface area contributed by atoms with E-state index in [0.717, 1.165) is 25.7 Å². The van der Waals surface area contributed by atoms with Gasteiger partial charge in [0.05, 0.1) is 0 Å². The Morgan fingerprint density at radius 1 is 0.289 bits per heavy atom. The van der Waals surface area contributed by atoms with Gasteiger partial charge in [0.15, 0.2) is 0 Å². The summed E-state index contributed by atoms with van der Waals surface area (Å²) in [5.41, 5.74) is 25.2. The van der Waals surface area contributed by atoms with E-state index in [0.29, 0.717) is 0 Å². The molecular formula is C74H58N2. The maximum absolute atomic E-state index is 2.56. The summed E-state index contributed by atoms with van der Waals surface area (Å²) in [5.74, 6) is 0. The van der Waals surface area contributed by atoms with E-state index in [-0.39, 0.29) is 10.8 Å². The Labute approximate surface area is 445 Å². The van der Waals surface area contributed by atoms with Crippen molar-refractivity contribution in [2.45, 2.75) is 77.0 Å². The van der Waals surface area contributed by atoms with Gasteiger partial charge in [-0.2, -0.15) is 0 Å². The fourth-order valence-corrected chi connectivity index (χ4v) is 15.2. The van der Waals surface area contributed by atoms with Crippen LogP contribution in [0.2, 0.25) is 0 Å². The third-order valence-corrected chi connectivity index (χ3v) is 18.5. The van der Waals surface area contributed by atoms with Crippen LogP contribution in [0.1, 0.15) is 85.0 Å². The second kappa shape index (κ2) is 16.0. The molecule has 12 aromatic carbocycles. The van der Waals surface area contributed by atoms with E-state index in [9.17, 15) is 0 Å². The third kappa shape index (κ3) is 6.22. The van der Waals surface area contributed by atoms with Gasteiger partial charge in [0.2, 0.25) is 0 Å². The molecule has 364 valence electrons. The molecule has 0 aliphatic heterocycles. The van der Waals surface area contributed by atoms with E-state index in [2.05, 4.69) is 244 Å². The van der Waals surface area contributed by atoms with E-state index in [1.165, 1.54) is 112 Å². The Morgan fingerprint density at radius 2 is 0.566 bits per heavy atom. The van der Waals surface area contributed by atoms with Gasteiger partial charge < -0.3 is 9.80 Å². The highest BCUT2D eigenvalue weighted by Gasteiger charge is 2.46. The summed E-state index contributed by atoms with van der Waals surface area (Å²) < 4.78 is 0. The number of aryl methyl sites for hydroxylation is 4. The van der Waals surface area contributed by atoms with E-state index in [1.807, 2.05) is 0 Å². The molecule has 12 aromatic rings. The van der Waals surface area contributed by atoms with Gasteiger partial charge in [-0.15, -0.1) is 0 Å². The number of hydrogen-bond donors (Lipinski definition) is 0. The first-order valence-electron chi connectivity index (χ1n) is 27.7. The summed E-state index contributed by atoms with van der Waals surface area (Å²) in [5, 5.41) is 13.2. The maximum Gasteiger partial charge on any atom is 0.0468 e. The number of nitrogens with zero attached hydrogens (tertiary/aromatic N) is 2. The Kier molecular flexibility index (Phi) is 9.26. The molecule has 0 fully saturated rings. The van der Waals surface area contributed by atoms with Crippen LogP contribution in [0.4, 0.5) is 34.1 Å². The van der Waals surface area contributed by atoms with Crippen LogP contribution in [-0.2, 0) is 36.5 Å². The first-order valence-corrected chi connectivity index (χ1v) is 27.7. The zero-order valence-electron chi connectivity index (χ0n) is 43.8. The molecule has 0 heterocycles. The minimum absolute atomic E-state index is 0.189. The SMILES string of the molecule is CC1(C)c2cc(N(c3ccc4ccccc4c3)c3ccc4ccccc4c3)ccc2-c2c1c1c3c(c4c(c5c3c2CCC5)C(C)(C)c2cc(N(c3ccc5ccccc5c3)c3ccc5ccccc5c3)ccc2-4)CCC1. The molecule has 16 rings (SSSR count). The minimum atomic E-state index is -0.189. The van der Waals surface area contributed by atoms with Gasteiger partial charge in [0.25, 0.3) is 0 Å². The van der Waals surface area contributed by atoms with Crippen molar-refractivity contribution in [2.24, 2.45) is 0 Å². The molecular weight excluding hydrogens is 917 g/mol. The standard InChI is InChI=1S/C74H58N2/c1-73(2)65-43-57(75(53-31-27-45-15-5-9-19-49(45)39-53)54-32-28-46-16-6-10-20-50(46)40-54)35-37-59(65)69-61-23-14-26-64-68(61)67-62(24-13-25-63(67)71(69)73)70-60-38-36-58(44-66(60)74(3,4)72(64)70)76(55-33-29-47-17-7-11-21-51(47)41-55)56-34-30-48-18-8-12-22-52(48)42-56/h5-12,15-22,27-44H,13-14,23-26H2,1-4H3. The molecule has 2 heteroatoms. The smallest absolute Gasteiger partial charge is 0.0468 e. The van der Waals surface area contributed by atoms with E-state index in [4.69, 9.17) is 0 Å². The molecule has 0 saturated carbocycles. The number of rotatable bonds is 6. The Bertz CT molecular complexity index is 4050. The van der Waals surface area contributed by atoms with Crippen molar-refractivity contribution in [3.05, 3.63) is 251 Å². The van der Waals surface area contributed by atoms with Gasteiger partial charge in [-0.3, -0.25) is 0 Å². The highest BCUT2D eigenvalue weighted by molar-refractivity contribution is 6.10. The van der Waals surface area contributed by atoms with Crippen molar-refractivity contribution in [3.63, 3.8) is 0 Å². The second-order valence-corrected chi connectivity index (χ2v) is 23.4.